The number of nitrogens with one attached hydrogen (secondary N) is 2. The molecule has 166 valence electrons. The number of hydrogen-bond acceptors (Lipinski definition) is 6. The number of guanidine groups is 1. The number of carbonyl (C=O) groups is 2. The molecule has 0 unspecified atom stereocenters. The third-order valence-electron chi connectivity index (χ3n) is 6.50. The van der Waals surface area contributed by atoms with Gasteiger partial charge in [0.25, 0.3) is 11.8 Å². The van der Waals surface area contributed by atoms with Crippen molar-refractivity contribution in [2.75, 3.05) is 37.5 Å². The second-order valence-corrected chi connectivity index (χ2v) is 8.33. The second kappa shape index (κ2) is 7.19. The highest BCUT2D eigenvalue weighted by Gasteiger charge is 2.35. The van der Waals surface area contributed by atoms with Gasteiger partial charge in [0.15, 0.2) is 0 Å². The maximum absolute atomic E-state index is 13.1. The van der Waals surface area contributed by atoms with Crippen LogP contribution in [0.1, 0.15) is 32.0 Å². The van der Waals surface area contributed by atoms with Crippen molar-refractivity contribution in [3.05, 3.63) is 58.8 Å². The normalized spacial score (nSPS) is 15.9. The summed E-state index contributed by atoms with van der Waals surface area (Å²) in [6, 6.07) is 11.3. The van der Waals surface area contributed by atoms with Gasteiger partial charge in [0, 0.05) is 30.4 Å². The Morgan fingerprint density at radius 1 is 1.15 bits per heavy atom. The molecule has 0 spiro atoms. The Kier molecular flexibility index (Phi) is 4.26. The van der Waals surface area contributed by atoms with Crippen molar-refractivity contribution in [2.45, 2.75) is 12.8 Å². The van der Waals surface area contributed by atoms with Crippen LogP contribution in [0, 0.1) is 0 Å². The quantitative estimate of drug-likeness (QED) is 0.649. The number of aromatic nitrogens is 2. The summed E-state index contributed by atoms with van der Waals surface area (Å²) < 4.78 is 5.33. The van der Waals surface area contributed by atoms with Crippen LogP contribution >= 0.6 is 0 Å². The zero-order valence-electron chi connectivity index (χ0n) is 18.3. The van der Waals surface area contributed by atoms with Gasteiger partial charge in [0.1, 0.15) is 11.4 Å². The van der Waals surface area contributed by atoms with Gasteiger partial charge in [-0.1, -0.05) is 0 Å². The monoisotopic (exact) mass is 442 g/mol. The molecule has 1 aromatic heterocycles. The van der Waals surface area contributed by atoms with E-state index in [1.54, 1.807) is 25.1 Å². The molecule has 2 aliphatic heterocycles. The molecule has 33 heavy (non-hydrogen) atoms. The van der Waals surface area contributed by atoms with E-state index in [4.69, 9.17) is 4.74 Å². The second-order valence-electron chi connectivity index (χ2n) is 8.33. The Balaban J connectivity index is 1.29. The lowest BCUT2D eigenvalue weighted by Crippen LogP contribution is -2.48. The van der Waals surface area contributed by atoms with Crippen LogP contribution in [-0.2, 0) is 12.8 Å². The predicted octanol–water partition coefficient (Wildman–Crippen LogP) is 2.70. The predicted molar refractivity (Wildman–Crippen MR) is 124 cm³/mol. The molecule has 3 heterocycles. The first-order chi connectivity index (χ1) is 16.0. The van der Waals surface area contributed by atoms with Crippen molar-refractivity contribution in [3.63, 3.8) is 0 Å². The first kappa shape index (κ1) is 19.5. The summed E-state index contributed by atoms with van der Waals surface area (Å²) >= 11 is 0. The number of rotatable bonds is 3. The summed E-state index contributed by atoms with van der Waals surface area (Å²) in [7, 11) is 3.37. The third-order valence-corrected chi connectivity index (χ3v) is 6.50. The minimum absolute atomic E-state index is 0.135. The summed E-state index contributed by atoms with van der Waals surface area (Å²) in [5, 5.41) is 10.3. The van der Waals surface area contributed by atoms with Gasteiger partial charge in [-0.15, -0.1) is 0 Å². The van der Waals surface area contributed by atoms with E-state index in [9.17, 15) is 9.59 Å². The molecule has 3 aromatic rings. The molecular weight excluding hydrogens is 420 g/mol. The Morgan fingerprint density at radius 2 is 2.03 bits per heavy atom. The van der Waals surface area contributed by atoms with Crippen molar-refractivity contribution in [3.8, 4) is 17.0 Å². The largest absolute Gasteiger partial charge is 0.497 e. The van der Waals surface area contributed by atoms with Crippen molar-refractivity contribution in [1.82, 2.24) is 15.1 Å². The molecule has 0 atom stereocenters. The average Bonchev–Trinajstić information content (AvgIpc) is 3.50. The van der Waals surface area contributed by atoms with E-state index in [1.807, 2.05) is 35.2 Å². The van der Waals surface area contributed by atoms with Crippen LogP contribution in [0.2, 0.25) is 0 Å². The number of H-pyrrole nitrogens is 1. The van der Waals surface area contributed by atoms with E-state index < -0.39 is 0 Å². The van der Waals surface area contributed by atoms with Gasteiger partial charge in [-0.3, -0.25) is 24.6 Å². The van der Waals surface area contributed by atoms with E-state index in [-0.39, 0.29) is 11.8 Å². The molecule has 0 bridgehead atoms. The lowest BCUT2D eigenvalue weighted by molar-refractivity contribution is 0.0865. The lowest BCUT2D eigenvalue weighted by atomic mass is 9.89. The number of methoxy groups -OCH3 is 1. The molecule has 3 aliphatic rings. The van der Waals surface area contributed by atoms with Crippen molar-refractivity contribution < 1.29 is 14.3 Å². The van der Waals surface area contributed by atoms with Crippen LogP contribution in [0.3, 0.4) is 0 Å². The third kappa shape index (κ3) is 2.92. The number of anilines is 2. The molecule has 9 nitrogen and oxygen atoms in total. The number of nitrogens with zero attached hydrogens (tertiary/aromatic N) is 4. The maximum atomic E-state index is 13.1. The zero-order chi connectivity index (χ0) is 22.7. The lowest BCUT2D eigenvalue weighted by Gasteiger charge is -2.33. The Morgan fingerprint density at radius 3 is 2.88 bits per heavy atom. The minimum atomic E-state index is -0.277. The summed E-state index contributed by atoms with van der Waals surface area (Å²) in [4.78, 5) is 34.0. The van der Waals surface area contributed by atoms with Crippen molar-refractivity contribution in [1.29, 1.82) is 0 Å². The minimum Gasteiger partial charge on any atom is -0.497 e. The molecular formula is C24H22N6O3. The SMILES string of the molecule is COc1ccc2c(c1)CCc1c-2n[nH]c1C(=O)Nc1ccc2c(c1)C(=O)N(C)C1=NCCN12. The molecule has 2 aromatic carbocycles. The molecule has 0 saturated carbocycles. The highest BCUT2D eigenvalue weighted by molar-refractivity contribution is 6.19. The number of ether oxygens (including phenoxy) is 1. The van der Waals surface area contributed by atoms with Gasteiger partial charge in [0.05, 0.1) is 30.6 Å². The summed E-state index contributed by atoms with van der Waals surface area (Å²) in [6.45, 7) is 1.39. The number of carbonyl (C=O) groups excluding carboxylic acids is 2. The summed E-state index contributed by atoms with van der Waals surface area (Å²) in [5.41, 5.74) is 6.24. The van der Waals surface area contributed by atoms with Crippen molar-refractivity contribution >= 4 is 29.1 Å². The summed E-state index contributed by atoms with van der Waals surface area (Å²) in [6.07, 6.45) is 1.51. The van der Waals surface area contributed by atoms with E-state index in [0.29, 0.717) is 35.9 Å². The smallest absolute Gasteiger partial charge is 0.273 e. The number of aryl methyl sites for hydroxylation is 1. The molecule has 2 N–H and O–H groups in total. The van der Waals surface area contributed by atoms with Gasteiger partial charge < -0.3 is 15.0 Å². The fourth-order valence-electron chi connectivity index (χ4n) is 4.85. The first-order valence-electron chi connectivity index (χ1n) is 10.8. The topological polar surface area (TPSA) is 103 Å². The number of amides is 2. The molecule has 0 saturated heterocycles. The molecule has 1 aliphatic carbocycles. The van der Waals surface area contributed by atoms with Crippen LogP contribution in [-0.4, -0.2) is 60.1 Å². The van der Waals surface area contributed by atoms with Crippen molar-refractivity contribution in [2.24, 2.45) is 4.99 Å². The number of fused-ring (bicyclic) bond motifs is 6. The number of benzene rings is 2. The van der Waals surface area contributed by atoms with Crippen LogP contribution < -0.4 is 15.0 Å². The molecule has 2 amide bonds. The highest BCUT2D eigenvalue weighted by Crippen LogP contribution is 2.36. The van der Waals surface area contributed by atoms with E-state index in [1.165, 1.54) is 0 Å². The van der Waals surface area contributed by atoms with E-state index in [0.717, 1.165) is 46.8 Å². The summed E-state index contributed by atoms with van der Waals surface area (Å²) in [5.74, 6) is 1.07. The number of aromatic amines is 1. The van der Waals surface area contributed by atoms with Crippen LogP contribution in [0.4, 0.5) is 11.4 Å². The molecule has 6 rings (SSSR count). The van der Waals surface area contributed by atoms with E-state index in [2.05, 4.69) is 20.5 Å². The van der Waals surface area contributed by atoms with E-state index >= 15 is 0 Å². The highest BCUT2D eigenvalue weighted by atomic mass is 16.5. The molecule has 0 radical (unpaired) electrons. The van der Waals surface area contributed by atoms with Gasteiger partial charge >= 0.3 is 0 Å². The fraction of sp³-hybridized carbons (Fsp3) is 0.250. The average molecular weight is 442 g/mol. The molecule has 9 heteroatoms. The standard InChI is InChI=1S/C24H22N6O3/c1-29-23(32)18-12-14(4-8-19(18)30-10-9-25-24(29)30)26-22(31)21-17-6-3-13-11-15(33-2)5-7-16(13)20(17)27-28-21/h4-5,7-8,11-12H,3,6,9-10H2,1-2H3,(H,26,31)(H,27,28). The Labute approximate surface area is 190 Å². The van der Waals surface area contributed by atoms with Crippen LogP contribution in [0.15, 0.2) is 41.4 Å². The Bertz CT molecular complexity index is 1360. The van der Waals surface area contributed by atoms with Gasteiger partial charge in [-0.2, -0.15) is 5.10 Å². The van der Waals surface area contributed by atoms with Crippen LogP contribution in [0.25, 0.3) is 11.3 Å². The van der Waals surface area contributed by atoms with Gasteiger partial charge in [-0.25, -0.2) is 0 Å². The molecule has 0 fully saturated rings. The maximum Gasteiger partial charge on any atom is 0.273 e. The van der Waals surface area contributed by atoms with Gasteiger partial charge in [0.2, 0.25) is 5.96 Å². The fourth-order valence-corrected chi connectivity index (χ4v) is 4.85. The first-order valence-corrected chi connectivity index (χ1v) is 10.8. The Hall–Kier alpha value is -4.14. The number of aliphatic imine (C=N–C) groups is 1. The zero-order valence-corrected chi connectivity index (χ0v) is 18.3. The number of hydrogen-bond donors (Lipinski definition) is 2. The van der Waals surface area contributed by atoms with Gasteiger partial charge in [-0.05, 0) is 54.8 Å². The van der Waals surface area contributed by atoms with Crippen LogP contribution in [0.5, 0.6) is 5.75 Å².